The predicted octanol–water partition coefficient (Wildman–Crippen LogP) is 4.79. The molecular weight excluding hydrogens is 199 g/mol. The van der Waals surface area contributed by atoms with Crippen LogP contribution in [-0.4, -0.2) is 0 Å². The van der Waals surface area contributed by atoms with Gasteiger partial charge >= 0.3 is 0 Å². The Morgan fingerprint density at radius 1 is 0.533 bits per heavy atom. The fourth-order valence-corrected chi connectivity index (χ4v) is 2.89. The molecule has 0 radical (unpaired) electrons. The summed E-state index contributed by atoms with van der Waals surface area (Å²) in [4.78, 5) is 0. The third-order valence-corrected chi connectivity index (χ3v) is 3.98. The van der Waals surface area contributed by atoms with Crippen molar-refractivity contribution in [2.24, 2.45) is 0 Å². The van der Waals surface area contributed by atoms with Crippen molar-refractivity contribution in [2.75, 3.05) is 0 Å². The first-order valence-corrected chi connectivity index (χ1v) is 6.46. The number of hydrogen-bond donors (Lipinski definition) is 0. The van der Waals surface area contributed by atoms with Crippen LogP contribution in [0.25, 0.3) is 5.30 Å². The molecule has 0 aliphatic heterocycles. The van der Waals surface area contributed by atoms with Gasteiger partial charge in [0.15, 0.2) is 0 Å². The first-order chi connectivity index (χ1) is 7.47. The number of benzene rings is 1. The van der Waals surface area contributed by atoms with Crippen LogP contribution in [0.2, 0.25) is 0 Å². The van der Waals surface area contributed by atoms with Crippen molar-refractivity contribution in [3.63, 3.8) is 0 Å². The summed E-state index contributed by atoms with van der Waals surface area (Å²) in [5, 5.41) is 1.39. The van der Waals surface area contributed by atoms with Crippen molar-refractivity contribution < 1.29 is 0 Å². The molecule has 0 saturated heterocycles. The summed E-state index contributed by atoms with van der Waals surface area (Å²) < 4.78 is 0. The van der Waals surface area contributed by atoms with Crippen LogP contribution in [0.3, 0.4) is 0 Å². The molecule has 2 rings (SSSR count). The third-order valence-electron chi connectivity index (χ3n) is 2.10. The highest BCUT2D eigenvalue weighted by Gasteiger charge is 1.89. The van der Waals surface area contributed by atoms with Crippen LogP contribution in [0.5, 0.6) is 0 Å². The first kappa shape index (κ1) is 10.0. The maximum atomic E-state index is 2.27. The molecule has 1 heteroatoms. The van der Waals surface area contributed by atoms with Gasteiger partial charge in [0.25, 0.3) is 0 Å². The van der Waals surface area contributed by atoms with Gasteiger partial charge in [-0.2, -0.15) is 0 Å². The fraction of sp³-hybridized carbons (Fsp3) is 0. The second-order valence-corrected chi connectivity index (χ2v) is 5.12. The smallest absolute Gasteiger partial charge is 0.00219 e. The van der Waals surface area contributed by atoms with Crippen LogP contribution in [0.1, 0.15) is 0 Å². The lowest BCUT2D eigenvalue weighted by Crippen LogP contribution is -1.61. The molecule has 1 aromatic heterocycles. The van der Waals surface area contributed by atoms with E-state index >= 15 is 0 Å². The molecule has 0 aliphatic carbocycles. The molecule has 1 aromatic carbocycles. The zero-order valence-electron chi connectivity index (χ0n) is 8.45. The van der Waals surface area contributed by atoms with Gasteiger partial charge in [0.05, 0.1) is 0 Å². The van der Waals surface area contributed by atoms with Gasteiger partial charge in [0, 0.05) is 0 Å². The highest BCUT2D eigenvalue weighted by atomic mass is 31.1. The van der Waals surface area contributed by atoms with Crippen LogP contribution in [-0.2, 0) is 0 Å². The van der Waals surface area contributed by atoms with Crippen LogP contribution in [0, 0.1) is 0 Å². The van der Waals surface area contributed by atoms with Gasteiger partial charge in [-0.05, 0) is 16.9 Å². The molecule has 1 heterocycles. The van der Waals surface area contributed by atoms with Gasteiger partial charge < -0.3 is 0 Å². The molecule has 2 aromatic rings. The molecule has 0 amide bonds. The van der Waals surface area contributed by atoms with E-state index in [9.17, 15) is 0 Å². The van der Waals surface area contributed by atoms with E-state index in [1.165, 1.54) is 5.30 Å². The Kier molecular flexibility index (Phi) is 3.59. The van der Waals surface area contributed by atoms with Gasteiger partial charge in [0.2, 0.25) is 0 Å². The maximum absolute atomic E-state index is 2.27. The van der Waals surface area contributed by atoms with E-state index in [4.69, 9.17) is 0 Å². The zero-order chi connectivity index (χ0) is 10.3. The summed E-state index contributed by atoms with van der Waals surface area (Å²) in [7, 11) is -0.291. The van der Waals surface area contributed by atoms with Gasteiger partial charge in [-0.25, -0.2) is 0 Å². The molecule has 0 saturated carbocycles. The minimum absolute atomic E-state index is 0.291. The average molecular weight is 212 g/mol. The van der Waals surface area contributed by atoms with Crippen LogP contribution < -0.4 is 0 Å². The summed E-state index contributed by atoms with van der Waals surface area (Å²) in [5.74, 6) is 4.54. The Morgan fingerprint density at radius 3 is 1.60 bits per heavy atom. The second kappa shape index (κ2) is 5.38. The molecule has 0 atom stereocenters. The van der Waals surface area contributed by atoms with Crippen molar-refractivity contribution in [1.29, 1.82) is 0 Å². The molecular formula is C14H13P. The Labute approximate surface area is 91.6 Å². The molecule has 15 heavy (non-hydrogen) atoms. The lowest BCUT2D eigenvalue weighted by atomic mass is 10.4. The SMILES string of the molecule is c1ccccp(-c2ccccc2)ccc1. The summed E-state index contributed by atoms with van der Waals surface area (Å²) in [6.07, 6.45) is 0. The Balaban J connectivity index is 2.51. The lowest BCUT2D eigenvalue weighted by Gasteiger charge is -1.97. The van der Waals surface area contributed by atoms with Gasteiger partial charge in [0.1, 0.15) is 0 Å². The molecule has 0 nitrogen and oxygen atoms in total. The Bertz CT molecular complexity index is 431. The molecule has 74 valence electrons. The minimum atomic E-state index is -0.291. The first-order valence-electron chi connectivity index (χ1n) is 4.98. The Morgan fingerprint density at radius 2 is 1.00 bits per heavy atom. The van der Waals surface area contributed by atoms with Crippen molar-refractivity contribution in [1.82, 2.24) is 0 Å². The monoisotopic (exact) mass is 212 g/mol. The lowest BCUT2D eigenvalue weighted by molar-refractivity contribution is 1.76. The largest absolute Gasteiger partial charge is 0.0934 e. The molecule has 0 aliphatic rings. The van der Waals surface area contributed by atoms with Crippen LogP contribution >= 0.6 is 7.53 Å². The maximum Gasteiger partial charge on any atom is -0.00219 e. The fourth-order valence-electron chi connectivity index (χ4n) is 1.36. The van der Waals surface area contributed by atoms with Crippen LogP contribution in [0.15, 0.2) is 78.3 Å². The van der Waals surface area contributed by atoms with Crippen molar-refractivity contribution >= 4 is 7.53 Å². The van der Waals surface area contributed by atoms with Gasteiger partial charge in [-0.15, -0.1) is 0 Å². The van der Waals surface area contributed by atoms with Crippen molar-refractivity contribution in [2.45, 2.75) is 0 Å². The van der Waals surface area contributed by atoms with Crippen molar-refractivity contribution in [3.8, 4) is 5.30 Å². The standard InChI is InChI=1S/C14H13P/c1-2-4-9-13-15(12-8-3-1)14-10-6-5-7-11-14/h1-13H. The highest BCUT2D eigenvalue weighted by molar-refractivity contribution is 7.55. The Hall–Kier alpha value is -1.52. The quantitative estimate of drug-likeness (QED) is 0.637. The molecule has 0 bridgehead atoms. The van der Waals surface area contributed by atoms with E-state index in [0.29, 0.717) is 0 Å². The molecule has 0 N–H and O–H groups in total. The summed E-state index contributed by atoms with van der Waals surface area (Å²) >= 11 is 0. The predicted molar refractivity (Wildman–Crippen MR) is 68.1 cm³/mol. The minimum Gasteiger partial charge on any atom is -0.0934 e. The van der Waals surface area contributed by atoms with E-state index < -0.39 is 0 Å². The molecule has 0 unspecified atom stereocenters. The van der Waals surface area contributed by atoms with E-state index in [1.807, 2.05) is 12.1 Å². The van der Waals surface area contributed by atoms with Crippen molar-refractivity contribution in [3.05, 3.63) is 78.3 Å². The summed E-state index contributed by atoms with van der Waals surface area (Å²) in [6, 6.07) is 23.1. The van der Waals surface area contributed by atoms with E-state index in [2.05, 4.69) is 66.2 Å². The number of rotatable bonds is 1. The number of hydrogen-bond acceptors (Lipinski definition) is 0. The normalized spacial score (nSPS) is 9.33. The highest BCUT2D eigenvalue weighted by Crippen LogP contribution is 2.35. The summed E-state index contributed by atoms with van der Waals surface area (Å²) in [5.41, 5.74) is 0. The van der Waals surface area contributed by atoms with Gasteiger partial charge in [-0.1, -0.05) is 74.3 Å². The third kappa shape index (κ3) is 2.97. The zero-order valence-corrected chi connectivity index (χ0v) is 9.35. The van der Waals surface area contributed by atoms with E-state index in [0.717, 1.165) is 0 Å². The molecule has 0 spiro atoms. The van der Waals surface area contributed by atoms with E-state index in [-0.39, 0.29) is 7.53 Å². The second-order valence-electron chi connectivity index (χ2n) is 3.20. The summed E-state index contributed by atoms with van der Waals surface area (Å²) in [6.45, 7) is 0. The van der Waals surface area contributed by atoms with Crippen LogP contribution in [0.4, 0.5) is 0 Å². The topological polar surface area (TPSA) is 0 Å². The molecule has 0 fully saturated rings. The van der Waals surface area contributed by atoms with Gasteiger partial charge in [-0.3, -0.25) is 0 Å². The average Bonchev–Trinajstić information content (AvgIpc) is 2.43. The van der Waals surface area contributed by atoms with E-state index in [1.54, 1.807) is 0 Å².